The highest BCUT2D eigenvalue weighted by Gasteiger charge is 2.14. The van der Waals surface area contributed by atoms with Crippen molar-refractivity contribution in [3.05, 3.63) is 71.0 Å². The number of aromatic nitrogens is 4. The Kier molecular flexibility index (Phi) is 3.56. The smallest absolute Gasteiger partial charge is 0.183 e. The Labute approximate surface area is 146 Å². The van der Waals surface area contributed by atoms with E-state index in [0.717, 1.165) is 21.3 Å². The standard InChI is InChI=1S/C18H10BrN5/c19-15-5-1-3-12(9-15)16-7-6-13(10-20)18-22-17(23-24(16)18)14-4-2-8-21-11-14/h1-9,11H. The molecule has 0 atom stereocenters. The van der Waals surface area contributed by atoms with Crippen molar-refractivity contribution in [3.8, 4) is 28.7 Å². The average molecular weight is 376 g/mol. The van der Waals surface area contributed by atoms with Crippen LogP contribution in [-0.4, -0.2) is 19.6 Å². The van der Waals surface area contributed by atoms with Gasteiger partial charge in [0.05, 0.1) is 11.3 Å². The summed E-state index contributed by atoms with van der Waals surface area (Å²) in [6, 6.07) is 17.5. The van der Waals surface area contributed by atoms with Gasteiger partial charge in [0.25, 0.3) is 0 Å². The lowest BCUT2D eigenvalue weighted by Gasteiger charge is -2.05. The molecule has 24 heavy (non-hydrogen) atoms. The van der Waals surface area contributed by atoms with Crippen molar-refractivity contribution in [3.63, 3.8) is 0 Å². The van der Waals surface area contributed by atoms with Crippen LogP contribution in [0.15, 0.2) is 65.4 Å². The maximum absolute atomic E-state index is 9.37. The molecule has 0 spiro atoms. The van der Waals surface area contributed by atoms with Gasteiger partial charge in [-0.2, -0.15) is 5.26 Å². The Morgan fingerprint density at radius 1 is 1.04 bits per heavy atom. The van der Waals surface area contributed by atoms with Crippen molar-refractivity contribution < 1.29 is 0 Å². The lowest BCUT2D eigenvalue weighted by Crippen LogP contribution is -1.96. The Hall–Kier alpha value is -3.04. The minimum absolute atomic E-state index is 0.483. The summed E-state index contributed by atoms with van der Waals surface area (Å²) in [5.41, 5.74) is 3.69. The molecule has 0 bridgehead atoms. The quantitative estimate of drug-likeness (QED) is 0.529. The van der Waals surface area contributed by atoms with Crippen LogP contribution >= 0.6 is 15.9 Å². The van der Waals surface area contributed by atoms with E-state index in [0.29, 0.717) is 17.0 Å². The van der Waals surface area contributed by atoms with Crippen LogP contribution < -0.4 is 0 Å². The van der Waals surface area contributed by atoms with E-state index in [4.69, 9.17) is 0 Å². The molecule has 5 nitrogen and oxygen atoms in total. The Balaban J connectivity index is 2.00. The second-order valence-electron chi connectivity index (χ2n) is 5.17. The van der Waals surface area contributed by atoms with Crippen molar-refractivity contribution in [2.75, 3.05) is 0 Å². The van der Waals surface area contributed by atoms with E-state index in [1.807, 2.05) is 42.5 Å². The van der Waals surface area contributed by atoms with E-state index in [1.165, 1.54) is 0 Å². The van der Waals surface area contributed by atoms with E-state index in [1.54, 1.807) is 23.0 Å². The molecule has 0 aliphatic heterocycles. The van der Waals surface area contributed by atoms with Crippen LogP contribution in [0.2, 0.25) is 0 Å². The number of benzene rings is 1. The second-order valence-corrected chi connectivity index (χ2v) is 6.08. The molecule has 4 rings (SSSR count). The van der Waals surface area contributed by atoms with Crippen LogP contribution in [0.4, 0.5) is 0 Å². The number of hydrogen-bond acceptors (Lipinski definition) is 4. The molecule has 0 saturated carbocycles. The van der Waals surface area contributed by atoms with Crippen LogP contribution in [0.3, 0.4) is 0 Å². The van der Waals surface area contributed by atoms with E-state index in [2.05, 4.69) is 37.1 Å². The first-order chi connectivity index (χ1) is 11.8. The van der Waals surface area contributed by atoms with E-state index in [9.17, 15) is 5.26 Å². The molecule has 6 heteroatoms. The molecule has 0 N–H and O–H groups in total. The first-order valence-corrected chi connectivity index (χ1v) is 8.02. The van der Waals surface area contributed by atoms with Gasteiger partial charge in [-0.1, -0.05) is 28.1 Å². The molecule has 4 aromatic rings. The fourth-order valence-corrected chi connectivity index (χ4v) is 2.93. The van der Waals surface area contributed by atoms with Gasteiger partial charge in [0.1, 0.15) is 6.07 Å². The van der Waals surface area contributed by atoms with Crippen molar-refractivity contribution >= 4 is 21.6 Å². The summed E-state index contributed by atoms with van der Waals surface area (Å²) in [4.78, 5) is 8.65. The summed E-state index contributed by atoms with van der Waals surface area (Å²) in [5.74, 6) is 0.544. The van der Waals surface area contributed by atoms with Crippen molar-refractivity contribution in [2.24, 2.45) is 0 Å². The minimum atomic E-state index is 0.483. The third-order valence-corrected chi connectivity index (χ3v) is 4.14. The Morgan fingerprint density at radius 3 is 2.67 bits per heavy atom. The van der Waals surface area contributed by atoms with Crippen molar-refractivity contribution in [2.45, 2.75) is 0 Å². The first kappa shape index (κ1) is 14.5. The summed E-state index contributed by atoms with van der Waals surface area (Å²) in [5, 5.41) is 14.0. The number of fused-ring (bicyclic) bond motifs is 1. The van der Waals surface area contributed by atoms with Crippen LogP contribution in [-0.2, 0) is 0 Å². The van der Waals surface area contributed by atoms with Gasteiger partial charge < -0.3 is 0 Å². The molecule has 0 amide bonds. The molecule has 0 fully saturated rings. The summed E-state index contributed by atoms with van der Waals surface area (Å²) >= 11 is 3.49. The monoisotopic (exact) mass is 375 g/mol. The summed E-state index contributed by atoms with van der Waals surface area (Å²) in [7, 11) is 0. The van der Waals surface area contributed by atoms with Gasteiger partial charge in [-0.15, -0.1) is 5.10 Å². The molecule has 0 saturated heterocycles. The molecular formula is C18H10BrN5. The molecule has 0 aliphatic rings. The maximum atomic E-state index is 9.37. The second kappa shape index (κ2) is 5.87. The molecular weight excluding hydrogens is 366 g/mol. The molecule has 1 aromatic carbocycles. The first-order valence-electron chi connectivity index (χ1n) is 7.22. The molecule has 0 unspecified atom stereocenters. The SMILES string of the molecule is N#Cc1ccc(-c2cccc(Br)c2)n2nc(-c3cccnc3)nc12. The van der Waals surface area contributed by atoms with Gasteiger partial charge in [0, 0.05) is 28.0 Å². The highest BCUT2D eigenvalue weighted by Crippen LogP contribution is 2.26. The number of hydrogen-bond donors (Lipinski definition) is 0. The normalized spacial score (nSPS) is 10.7. The Bertz CT molecular complexity index is 1080. The highest BCUT2D eigenvalue weighted by atomic mass is 79.9. The molecule has 0 aliphatic carbocycles. The number of halogens is 1. The topological polar surface area (TPSA) is 66.9 Å². The van der Waals surface area contributed by atoms with Crippen LogP contribution in [0.1, 0.15) is 5.56 Å². The summed E-state index contributed by atoms with van der Waals surface area (Å²) in [6.45, 7) is 0. The fraction of sp³-hybridized carbons (Fsp3) is 0. The van der Waals surface area contributed by atoms with Crippen molar-refractivity contribution in [1.82, 2.24) is 19.6 Å². The zero-order chi connectivity index (χ0) is 16.5. The number of nitriles is 1. The largest absolute Gasteiger partial charge is 0.264 e. The van der Waals surface area contributed by atoms with Gasteiger partial charge in [-0.05, 0) is 36.4 Å². The predicted octanol–water partition coefficient (Wildman–Crippen LogP) is 4.09. The van der Waals surface area contributed by atoms with E-state index in [-0.39, 0.29) is 0 Å². The third kappa shape index (κ3) is 2.45. The zero-order valence-electron chi connectivity index (χ0n) is 12.4. The lowest BCUT2D eigenvalue weighted by atomic mass is 10.1. The van der Waals surface area contributed by atoms with Crippen molar-refractivity contribution in [1.29, 1.82) is 5.26 Å². The van der Waals surface area contributed by atoms with Gasteiger partial charge in [0.15, 0.2) is 11.5 Å². The minimum Gasteiger partial charge on any atom is -0.264 e. The average Bonchev–Trinajstić information content (AvgIpc) is 3.07. The molecule has 0 radical (unpaired) electrons. The van der Waals surface area contributed by atoms with Gasteiger partial charge in [-0.25, -0.2) is 9.50 Å². The van der Waals surface area contributed by atoms with Crippen LogP contribution in [0.5, 0.6) is 0 Å². The zero-order valence-corrected chi connectivity index (χ0v) is 14.0. The summed E-state index contributed by atoms with van der Waals surface area (Å²) in [6.07, 6.45) is 3.41. The summed E-state index contributed by atoms with van der Waals surface area (Å²) < 4.78 is 2.69. The van der Waals surface area contributed by atoms with Crippen LogP contribution in [0, 0.1) is 11.3 Å². The Morgan fingerprint density at radius 2 is 1.92 bits per heavy atom. The van der Waals surface area contributed by atoms with Gasteiger partial charge in [-0.3, -0.25) is 4.98 Å². The fourth-order valence-electron chi connectivity index (χ4n) is 2.53. The predicted molar refractivity (Wildman–Crippen MR) is 94.1 cm³/mol. The number of pyridine rings is 2. The number of rotatable bonds is 2. The van der Waals surface area contributed by atoms with E-state index >= 15 is 0 Å². The van der Waals surface area contributed by atoms with E-state index < -0.39 is 0 Å². The maximum Gasteiger partial charge on any atom is 0.183 e. The lowest BCUT2D eigenvalue weighted by molar-refractivity contribution is 0.971. The number of nitrogens with zero attached hydrogens (tertiary/aromatic N) is 5. The van der Waals surface area contributed by atoms with Crippen LogP contribution in [0.25, 0.3) is 28.3 Å². The third-order valence-electron chi connectivity index (χ3n) is 3.64. The van der Waals surface area contributed by atoms with Gasteiger partial charge >= 0.3 is 0 Å². The highest BCUT2D eigenvalue weighted by molar-refractivity contribution is 9.10. The molecule has 3 heterocycles. The van der Waals surface area contributed by atoms with Gasteiger partial charge in [0.2, 0.25) is 0 Å². The molecule has 3 aromatic heterocycles. The molecule has 114 valence electrons.